The lowest BCUT2D eigenvalue weighted by Crippen LogP contribution is -2.21. The minimum absolute atomic E-state index is 0.162. The number of unbranched alkanes of at least 4 members (excludes halogenated alkanes) is 2. The van der Waals surface area contributed by atoms with E-state index in [-0.39, 0.29) is 5.48 Å². The molecule has 0 unspecified atom stereocenters. The fourth-order valence-corrected chi connectivity index (χ4v) is 3.93. The smallest absolute Gasteiger partial charge is 0.119 e. The summed E-state index contributed by atoms with van der Waals surface area (Å²) in [6.45, 7) is 11.2. The SMILES string of the molecule is CCCCCOc1ccc(P=C([O-])c2c(C)cc(C)c(C)c2C)cc1. The van der Waals surface area contributed by atoms with Gasteiger partial charge in [-0.15, -0.1) is 5.48 Å². The van der Waals surface area contributed by atoms with Crippen LogP contribution in [0.2, 0.25) is 0 Å². The maximum absolute atomic E-state index is 12.8. The van der Waals surface area contributed by atoms with E-state index in [0.717, 1.165) is 40.8 Å². The summed E-state index contributed by atoms with van der Waals surface area (Å²) in [5.41, 5.74) is 5.65. The lowest BCUT2D eigenvalue weighted by atomic mass is 9.95. The van der Waals surface area contributed by atoms with Crippen LogP contribution in [-0.4, -0.2) is 12.1 Å². The molecule has 2 nitrogen and oxygen atoms in total. The maximum Gasteiger partial charge on any atom is 0.119 e. The van der Waals surface area contributed by atoms with Crippen LogP contribution in [-0.2, 0) is 0 Å². The average Bonchev–Trinajstić information content (AvgIpc) is 2.58. The van der Waals surface area contributed by atoms with Gasteiger partial charge in [0.2, 0.25) is 0 Å². The topological polar surface area (TPSA) is 32.3 Å². The molecule has 2 aromatic rings. The average molecular weight is 355 g/mol. The molecule has 0 spiro atoms. The molecule has 134 valence electrons. The molecule has 0 fully saturated rings. The molecule has 25 heavy (non-hydrogen) atoms. The normalized spacial score (nSPS) is 11.7. The molecule has 0 aromatic heterocycles. The summed E-state index contributed by atoms with van der Waals surface area (Å²) in [6.07, 6.45) is 3.47. The summed E-state index contributed by atoms with van der Waals surface area (Å²) in [7, 11) is 0.716. The summed E-state index contributed by atoms with van der Waals surface area (Å²) in [5.74, 6) is 0.876. The summed E-state index contributed by atoms with van der Waals surface area (Å²) in [4.78, 5) is 0. The molecule has 0 N–H and O–H groups in total. The van der Waals surface area contributed by atoms with E-state index in [4.69, 9.17) is 4.74 Å². The molecule has 0 amide bonds. The highest BCUT2D eigenvalue weighted by Gasteiger charge is 2.07. The Hall–Kier alpha value is -1.63. The molecule has 0 aliphatic carbocycles. The Morgan fingerprint density at radius 2 is 1.64 bits per heavy atom. The highest BCUT2D eigenvalue weighted by atomic mass is 31.1. The van der Waals surface area contributed by atoms with Crippen LogP contribution < -0.4 is 15.1 Å². The Morgan fingerprint density at radius 3 is 2.28 bits per heavy atom. The van der Waals surface area contributed by atoms with Gasteiger partial charge in [-0.25, -0.2) is 0 Å². The molecule has 0 aliphatic rings. The molecule has 0 heterocycles. The van der Waals surface area contributed by atoms with E-state index in [1.807, 2.05) is 38.1 Å². The molecule has 2 aromatic carbocycles. The van der Waals surface area contributed by atoms with E-state index in [9.17, 15) is 5.11 Å². The van der Waals surface area contributed by atoms with Gasteiger partial charge in [-0.05, 0) is 86.2 Å². The van der Waals surface area contributed by atoms with Gasteiger partial charge in [-0.3, -0.25) is 0 Å². The number of benzene rings is 2. The van der Waals surface area contributed by atoms with Crippen LogP contribution in [0.25, 0.3) is 0 Å². The van der Waals surface area contributed by atoms with Gasteiger partial charge in [0.25, 0.3) is 0 Å². The maximum atomic E-state index is 12.8. The van der Waals surface area contributed by atoms with Gasteiger partial charge in [-0.2, -0.15) is 0 Å². The first-order valence-corrected chi connectivity index (χ1v) is 9.89. The first-order valence-electron chi connectivity index (χ1n) is 9.00. The lowest BCUT2D eigenvalue weighted by Gasteiger charge is -2.21. The monoisotopic (exact) mass is 355 g/mol. The highest BCUT2D eigenvalue weighted by Crippen LogP contribution is 2.23. The standard InChI is InChI=1S/C22H29O2P/c1-6-7-8-13-24-19-9-11-20(12-10-19)25-22(23)21-16(3)14-15(2)17(4)18(21)5/h9-12,14,23H,6-8,13H2,1-5H3/p-1. The van der Waals surface area contributed by atoms with E-state index < -0.39 is 0 Å². The van der Waals surface area contributed by atoms with Gasteiger partial charge in [0.1, 0.15) is 5.75 Å². The summed E-state index contributed by atoms with van der Waals surface area (Å²) in [5, 5.41) is 13.8. The molecule has 3 heteroatoms. The number of hydrogen-bond donors (Lipinski definition) is 0. The second kappa shape index (κ2) is 9.17. The van der Waals surface area contributed by atoms with Crippen LogP contribution >= 0.6 is 8.20 Å². The third-order valence-corrected chi connectivity index (χ3v) is 5.64. The van der Waals surface area contributed by atoms with E-state index >= 15 is 0 Å². The number of ether oxygens (including phenoxy) is 1. The van der Waals surface area contributed by atoms with E-state index in [0.29, 0.717) is 8.20 Å². The van der Waals surface area contributed by atoms with Crippen molar-refractivity contribution in [1.29, 1.82) is 0 Å². The Morgan fingerprint density at radius 1 is 0.960 bits per heavy atom. The van der Waals surface area contributed by atoms with Gasteiger partial charge in [0.15, 0.2) is 0 Å². The fourth-order valence-electron chi connectivity index (χ4n) is 2.95. The Kier molecular flexibility index (Phi) is 7.23. The molecule has 0 bridgehead atoms. The van der Waals surface area contributed by atoms with E-state index in [2.05, 4.69) is 26.8 Å². The van der Waals surface area contributed by atoms with Crippen molar-refractivity contribution in [3.05, 3.63) is 58.1 Å². The summed E-state index contributed by atoms with van der Waals surface area (Å²) >= 11 is 0. The van der Waals surface area contributed by atoms with Crippen molar-refractivity contribution in [2.24, 2.45) is 0 Å². The third-order valence-electron chi connectivity index (χ3n) is 4.65. The van der Waals surface area contributed by atoms with Crippen LogP contribution in [0, 0.1) is 27.7 Å². The van der Waals surface area contributed by atoms with Gasteiger partial charge >= 0.3 is 0 Å². The largest absolute Gasteiger partial charge is 0.823 e. The van der Waals surface area contributed by atoms with Crippen LogP contribution in [0.3, 0.4) is 0 Å². The van der Waals surface area contributed by atoms with Crippen molar-refractivity contribution >= 4 is 19.0 Å². The van der Waals surface area contributed by atoms with Crippen LogP contribution in [0.4, 0.5) is 0 Å². The predicted molar refractivity (Wildman–Crippen MR) is 108 cm³/mol. The third kappa shape index (κ3) is 5.17. The lowest BCUT2D eigenvalue weighted by molar-refractivity contribution is -0.207. The van der Waals surface area contributed by atoms with Crippen LogP contribution in [0.1, 0.15) is 54.0 Å². The number of rotatable bonds is 7. The van der Waals surface area contributed by atoms with Crippen molar-refractivity contribution in [3.8, 4) is 5.75 Å². The zero-order chi connectivity index (χ0) is 18.4. The van der Waals surface area contributed by atoms with Gasteiger partial charge in [0.05, 0.1) is 6.61 Å². The highest BCUT2D eigenvalue weighted by molar-refractivity contribution is 7.49. The summed E-state index contributed by atoms with van der Waals surface area (Å²) in [6, 6.07) is 10.0. The van der Waals surface area contributed by atoms with E-state index in [1.165, 1.54) is 24.0 Å². The number of aryl methyl sites for hydroxylation is 2. The second-order valence-corrected chi connectivity index (χ2v) is 7.75. The number of hydrogen-bond acceptors (Lipinski definition) is 2. The first-order chi connectivity index (χ1) is 11.9. The van der Waals surface area contributed by atoms with Crippen molar-refractivity contribution in [2.45, 2.75) is 53.9 Å². The zero-order valence-electron chi connectivity index (χ0n) is 16.0. The second-order valence-electron chi connectivity index (χ2n) is 6.60. The molecule has 0 atom stereocenters. The van der Waals surface area contributed by atoms with Gasteiger partial charge in [0, 0.05) is 5.30 Å². The molecule has 0 saturated heterocycles. The molecule has 0 aliphatic heterocycles. The Bertz CT molecular complexity index is 746. The molecule has 0 radical (unpaired) electrons. The minimum atomic E-state index is 0.162. The quantitative estimate of drug-likeness (QED) is 0.537. The first kappa shape index (κ1) is 19.7. The zero-order valence-corrected chi connectivity index (χ0v) is 16.9. The van der Waals surface area contributed by atoms with Crippen LogP contribution in [0.5, 0.6) is 5.75 Å². The Labute approximate surface area is 153 Å². The fraction of sp³-hybridized carbons (Fsp3) is 0.409. The van der Waals surface area contributed by atoms with Crippen molar-refractivity contribution in [1.82, 2.24) is 0 Å². The van der Waals surface area contributed by atoms with Crippen molar-refractivity contribution in [2.75, 3.05) is 6.61 Å². The molecule has 0 saturated carbocycles. The Balaban J connectivity index is 2.16. The minimum Gasteiger partial charge on any atom is -0.823 e. The predicted octanol–water partition coefficient (Wildman–Crippen LogP) is 4.60. The van der Waals surface area contributed by atoms with Crippen molar-refractivity contribution in [3.63, 3.8) is 0 Å². The summed E-state index contributed by atoms with van der Waals surface area (Å²) < 4.78 is 5.73. The van der Waals surface area contributed by atoms with E-state index in [1.54, 1.807) is 0 Å². The van der Waals surface area contributed by atoms with Crippen molar-refractivity contribution < 1.29 is 9.84 Å². The molecular formula is C22H28O2P-. The molecule has 2 rings (SSSR count). The van der Waals surface area contributed by atoms with Crippen LogP contribution in [0.15, 0.2) is 30.3 Å². The van der Waals surface area contributed by atoms with Gasteiger partial charge < -0.3 is 9.84 Å². The molecular weight excluding hydrogens is 327 g/mol. The van der Waals surface area contributed by atoms with Gasteiger partial charge in [-0.1, -0.05) is 34.0 Å².